The lowest BCUT2D eigenvalue weighted by molar-refractivity contribution is 0.336. The monoisotopic (exact) mass is 373 g/mol. The fraction of sp³-hybridized carbons (Fsp3) is 0.571. The maximum Gasteiger partial charge on any atom is 0.287 e. The fourth-order valence-electron chi connectivity index (χ4n) is 1.68. The molecule has 0 aliphatic rings. The summed E-state index contributed by atoms with van der Waals surface area (Å²) in [5.41, 5.74) is -0.814. The summed E-state index contributed by atoms with van der Waals surface area (Å²) in [7, 11) is 0. The standard InChI is InChI=1S/C14H20ClN5OS2/c1-13(2,3)17-11-18-19-12(23-11)22-8-7-16-20(14(4,5)6)10(21)9(8)15/h7H,1-6H3,(H,17,18). The first-order chi connectivity index (χ1) is 10.5. The number of rotatable bonds is 3. The van der Waals surface area contributed by atoms with Crippen LogP contribution < -0.4 is 10.9 Å². The van der Waals surface area contributed by atoms with Crippen LogP contribution in [0.15, 0.2) is 20.2 Å². The number of halogens is 1. The quantitative estimate of drug-likeness (QED) is 0.880. The molecule has 0 spiro atoms. The van der Waals surface area contributed by atoms with Crippen LogP contribution in [0.1, 0.15) is 41.5 Å². The van der Waals surface area contributed by atoms with Crippen LogP contribution in [0.3, 0.4) is 0 Å². The minimum Gasteiger partial charge on any atom is -0.355 e. The van der Waals surface area contributed by atoms with E-state index in [-0.39, 0.29) is 16.1 Å². The summed E-state index contributed by atoms with van der Waals surface area (Å²) >= 11 is 8.92. The molecule has 2 aromatic heterocycles. The van der Waals surface area contributed by atoms with Crippen molar-refractivity contribution in [3.05, 3.63) is 21.6 Å². The maximum absolute atomic E-state index is 12.3. The summed E-state index contributed by atoms with van der Waals surface area (Å²) in [6.07, 6.45) is 1.60. The Labute approximate surface area is 148 Å². The molecule has 0 aromatic carbocycles. The Balaban J connectivity index is 2.25. The van der Waals surface area contributed by atoms with E-state index in [1.54, 1.807) is 6.20 Å². The van der Waals surface area contributed by atoms with Gasteiger partial charge in [-0.1, -0.05) is 34.7 Å². The highest BCUT2D eigenvalue weighted by Crippen LogP contribution is 2.35. The maximum atomic E-state index is 12.3. The average Bonchev–Trinajstić information content (AvgIpc) is 2.78. The molecule has 1 N–H and O–H groups in total. The van der Waals surface area contributed by atoms with E-state index in [0.29, 0.717) is 9.24 Å². The molecule has 0 amide bonds. The lowest BCUT2D eigenvalue weighted by atomic mass is 10.1. The van der Waals surface area contributed by atoms with Gasteiger partial charge >= 0.3 is 0 Å². The largest absolute Gasteiger partial charge is 0.355 e. The Morgan fingerprint density at radius 2 is 1.87 bits per heavy atom. The number of hydrogen-bond acceptors (Lipinski definition) is 7. The number of hydrogen-bond donors (Lipinski definition) is 1. The van der Waals surface area contributed by atoms with Crippen molar-refractivity contribution in [3.8, 4) is 0 Å². The van der Waals surface area contributed by atoms with E-state index in [4.69, 9.17) is 11.6 Å². The van der Waals surface area contributed by atoms with E-state index in [0.717, 1.165) is 5.13 Å². The second-order valence-electron chi connectivity index (χ2n) is 7.06. The Morgan fingerprint density at radius 3 is 2.43 bits per heavy atom. The van der Waals surface area contributed by atoms with Gasteiger partial charge in [0.2, 0.25) is 5.13 Å². The van der Waals surface area contributed by atoms with Gasteiger partial charge in [-0.3, -0.25) is 4.79 Å². The number of anilines is 1. The highest BCUT2D eigenvalue weighted by molar-refractivity contribution is 8.01. The molecule has 0 saturated heterocycles. The van der Waals surface area contributed by atoms with E-state index < -0.39 is 5.54 Å². The van der Waals surface area contributed by atoms with Crippen molar-refractivity contribution in [2.75, 3.05) is 5.32 Å². The van der Waals surface area contributed by atoms with Gasteiger partial charge in [0.1, 0.15) is 5.02 Å². The summed E-state index contributed by atoms with van der Waals surface area (Å²) in [5.74, 6) is 0. The first kappa shape index (κ1) is 18.2. The van der Waals surface area contributed by atoms with Crippen molar-refractivity contribution in [1.82, 2.24) is 20.0 Å². The average molecular weight is 374 g/mol. The van der Waals surface area contributed by atoms with E-state index in [9.17, 15) is 4.79 Å². The van der Waals surface area contributed by atoms with Crippen molar-refractivity contribution >= 4 is 39.8 Å². The molecule has 2 heterocycles. The van der Waals surface area contributed by atoms with Gasteiger partial charge < -0.3 is 5.32 Å². The van der Waals surface area contributed by atoms with Crippen molar-refractivity contribution < 1.29 is 0 Å². The predicted octanol–water partition coefficient (Wildman–Crippen LogP) is 3.86. The molecule has 0 bridgehead atoms. The van der Waals surface area contributed by atoms with Gasteiger partial charge in [-0.15, -0.1) is 10.2 Å². The Bertz CT molecular complexity index is 758. The first-order valence-electron chi connectivity index (χ1n) is 7.05. The molecule has 0 aliphatic carbocycles. The lowest BCUT2D eigenvalue weighted by Crippen LogP contribution is -2.36. The molecule has 9 heteroatoms. The first-order valence-corrected chi connectivity index (χ1v) is 9.06. The third-order valence-electron chi connectivity index (χ3n) is 2.61. The van der Waals surface area contributed by atoms with Crippen LogP contribution in [0, 0.1) is 0 Å². The summed E-state index contributed by atoms with van der Waals surface area (Å²) in [6, 6.07) is 0. The summed E-state index contributed by atoms with van der Waals surface area (Å²) in [6.45, 7) is 11.9. The van der Waals surface area contributed by atoms with Gasteiger partial charge in [0, 0.05) is 5.54 Å². The normalized spacial score (nSPS) is 12.5. The van der Waals surface area contributed by atoms with Crippen LogP contribution in [0.4, 0.5) is 5.13 Å². The minimum absolute atomic E-state index is 0.0894. The van der Waals surface area contributed by atoms with Gasteiger partial charge in [0.05, 0.1) is 16.6 Å². The minimum atomic E-state index is -0.420. The molecule has 0 atom stereocenters. The zero-order chi connectivity index (χ0) is 17.4. The molecular formula is C14H20ClN5OS2. The van der Waals surface area contributed by atoms with Crippen LogP contribution in [-0.4, -0.2) is 25.5 Å². The van der Waals surface area contributed by atoms with Gasteiger partial charge in [0.25, 0.3) is 5.56 Å². The molecule has 2 aromatic rings. The molecule has 0 fully saturated rings. The van der Waals surface area contributed by atoms with Crippen molar-refractivity contribution in [1.29, 1.82) is 0 Å². The zero-order valence-corrected chi connectivity index (χ0v) is 16.4. The Morgan fingerprint density at radius 1 is 1.22 bits per heavy atom. The van der Waals surface area contributed by atoms with Gasteiger partial charge in [-0.25, -0.2) is 4.68 Å². The van der Waals surface area contributed by atoms with Crippen molar-refractivity contribution in [3.63, 3.8) is 0 Å². The summed E-state index contributed by atoms with van der Waals surface area (Å²) in [4.78, 5) is 12.9. The Hall–Kier alpha value is -1.12. The fourth-order valence-corrected chi connectivity index (χ4v) is 3.83. The molecule has 0 aliphatic heterocycles. The molecule has 6 nitrogen and oxygen atoms in total. The molecule has 2 rings (SSSR count). The molecule has 23 heavy (non-hydrogen) atoms. The lowest BCUT2D eigenvalue weighted by Gasteiger charge is -2.20. The number of nitrogens with zero attached hydrogens (tertiary/aromatic N) is 4. The molecule has 0 saturated carbocycles. The summed E-state index contributed by atoms with van der Waals surface area (Å²) in [5, 5.41) is 16.6. The van der Waals surface area contributed by atoms with E-state index in [1.165, 1.54) is 27.8 Å². The van der Waals surface area contributed by atoms with E-state index in [2.05, 4.69) is 20.6 Å². The van der Waals surface area contributed by atoms with Crippen LogP contribution in [-0.2, 0) is 5.54 Å². The van der Waals surface area contributed by atoms with Crippen LogP contribution in [0.2, 0.25) is 5.02 Å². The Kier molecular flexibility index (Phi) is 5.08. The topological polar surface area (TPSA) is 72.7 Å². The zero-order valence-electron chi connectivity index (χ0n) is 14.0. The van der Waals surface area contributed by atoms with Gasteiger partial charge in [0.15, 0.2) is 4.34 Å². The van der Waals surface area contributed by atoms with Gasteiger partial charge in [-0.05, 0) is 41.5 Å². The van der Waals surface area contributed by atoms with Gasteiger partial charge in [-0.2, -0.15) is 5.10 Å². The molecular weight excluding hydrogens is 354 g/mol. The predicted molar refractivity (Wildman–Crippen MR) is 95.9 cm³/mol. The molecule has 126 valence electrons. The van der Waals surface area contributed by atoms with Crippen LogP contribution >= 0.6 is 34.7 Å². The third kappa shape index (κ3) is 4.68. The number of nitrogens with one attached hydrogen (secondary N) is 1. The van der Waals surface area contributed by atoms with E-state index >= 15 is 0 Å². The highest BCUT2D eigenvalue weighted by atomic mass is 35.5. The van der Waals surface area contributed by atoms with Crippen molar-refractivity contribution in [2.24, 2.45) is 0 Å². The van der Waals surface area contributed by atoms with Crippen molar-refractivity contribution in [2.45, 2.75) is 61.9 Å². The van der Waals surface area contributed by atoms with Crippen LogP contribution in [0.25, 0.3) is 0 Å². The van der Waals surface area contributed by atoms with Crippen LogP contribution in [0.5, 0.6) is 0 Å². The molecule has 0 radical (unpaired) electrons. The summed E-state index contributed by atoms with van der Waals surface area (Å²) < 4.78 is 2.08. The third-order valence-corrected chi connectivity index (χ3v) is 5.00. The van der Waals surface area contributed by atoms with E-state index in [1.807, 2.05) is 41.5 Å². The molecule has 0 unspecified atom stereocenters. The second-order valence-corrected chi connectivity index (χ2v) is 9.71. The number of aromatic nitrogens is 4. The second kappa shape index (κ2) is 6.41. The highest BCUT2D eigenvalue weighted by Gasteiger charge is 2.21. The SMILES string of the molecule is CC(C)(C)Nc1nnc(Sc2cnn(C(C)(C)C)c(=O)c2Cl)s1. The smallest absolute Gasteiger partial charge is 0.287 e.